The van der Waals surface area contributed by atoms with Gasteiger partial charge in [0.05, 0.1) is 24.5 Å². The summed E-state index contributed by atoms with van der Waals surface area (Å²) in [7, 11) is 0. The second-order valence-corrected chi connectivity index (χ2v) is 8.29. The molecule has 0 saturated carbocycles. The van der Waals surface area contributed by atoms with Gasteiger partial charge in [0, 0.05) is 51.9 Å². The van der Waals surface area contributed by atoms with E-state index in [1.807, 2.05) is 24.3 Å². The van der Waals surface area contributed by atoms with Crippen LogP contribution in [0.4, 0.5) is 11.4 Å². The van der Waals surface area contributed by atoms with Gasteiger partial charge in [0.25, 0.3) is 0 Å². The standard InChI is InChI=1S/C24H23N3O2/c1-4-14-11-17-18(13-20(14)27-7-9-29-10-8-27)24(2,3)23-21(22(17)28)16-6-5-15(25)12-19(16)26-23/h1,5-6,11-13,26H,7-10,25H2,2-3H3. The van der Waals surface area contributed by atoms with Crippen LogP contribution < -0.4 is 10.6 Å². The van der Waals surface area contributed by atoms with Gasteiger partial charge in [-0.3, -0.25) is 4.79 Å². The van der Waals surface area contributed by atoms with Gasteiger partial charge >= 0.3 is 0 Å². The molecule has 1 aliphatic heterocycles. The number of aromatic nitrogens is 1. The van der Waals surface area contributed by atoms with E-state index < -0.39 is 0 Å². The third-order valence-corrected chi connectivity index (χ3v) is 6.24. The summed E-state index contributed by atoms with van der Waals surface area (Å²) in [5.74, 6) is 2.80. The predicted molar refractivity (Wildman–Crippen MR) is 116 cm³/mol. The maximum absolute atomic E-state index is 13.6. The van der Waals surface area contributed by atoms with Gasteiger partial charge in [-0.25, -0.2) is 0 Å². The van der Waals surface area contributed by atoms with Gasteiger partial charge in [-0.1, -0.05) is 25.8 Å². The van der Waals surface area contributed by atoms with E-state index in [0.29, 0.717) is 24.5 Å². The Bertz CT molecular complexity index is 1210. The Hall–Kier alpha value is -3.23. The molecule has 0 spiro atoms. The van der Waals surface area contributed by atoms with Crippen molar-refractivity contribution in [3.63, 3.8) is 0 Å². The summed E-state index contributed by atoms with van der Waals surface area (Å²) in [5, 5.41) is 0.900. The SMILES string of the molecule is C#Cc1cc2c(cc1N1CCOCC1)C(C)(C)c1[nH]c3cc(N)ccc3c1C2=O. The van der Waals surface area contributed by atoms with Crippen molar-refractivity contribution < 1.29 is 9.53 Å². The molecule has 5 rings (SSSR count). The highest BCUT2D eigenvalue weighted by atomic mass is 16.5. The lowest BCUT2D eigenvalue weighted by molar-refractivity contribution is 0.103. The maximum Gasteiger partial charge on any atom is 0.195 e. The van der Waals surface area contributed by atoms with E-state index >= 15 is 0 Å². The minimum atomic E-state index is -0.374. The van der Waals surface area contributed by atoms with Crippen LogP contribution in [0.15, 0.2) is 30.3 Å². The fourth-order valence-corrected chi connectivity index (χ4v) is 4.66. The van der Waals surface area contributed by atoms with Gasteiger partial charge in [-0.05, 0) is 29.8 Å². The van der Waals surface area contributed by atoms with Crippen LogP contribution in [0, 0.1) is 12.3 Å². The highest BCUT2D eigenvalue weighted by Gasteiger charge is 2.40. The summed E-state index contributed by atoms with van der Waals surface area (Å²) in [6, 6.07) is 9.64. The number of fused-ring (bicyclic) bond motifs is 4. The van der Waals surface area contributed by atoms with Gasteiger partial charge in [-0.2, -0.15) is 0 Å². The van der Waals surface area contributed by atoms with Crippen molar-refractivity contribution in [3.05, 3.63) is 58.3 Å². The number of rotatable bonds is 1. The summed E-state index contributed by atoms with van der Waals surface area (Å²) in [6.07, 6.45) is 5.85. The molecule has 1 aliphatic carbocycles. The molecule has 146 valence electrons. The average molecular weight is 385 g/mol. The third kappa shape index (κ3) is 2.49. The van der Waals surface area contributed by atoms with E-state index in [1.54, 1.807) is 0 Å². The van der Waals surface area contributed by atoms with Crippen LogP contribution in [-0.4, -0.2) is 37.1 Å². The highest BCUT2D eigenvalue weighted by molar-refractivity contribution is 6.20. The van der Waals surface area contributed by atoms with Crippen molar-refractivity contribution in [1.29, 1.82) is 0 Å². The fraction of sp³-hybridized carbons (Fsp3) is 0.292. The summed E-state index contributed by atoms with van der Waals surface area (Å²) in [4.78, 5) is 19.3. The number of terminal acetylenes is 1. The van der Waals surface area contributed by atoms with E-state index in [9.17, 15) is 4.79 Å². The number of morpholine rings is 1. The number of hydrogen-bond donors (Lipinski definition) is 2. The molecule has 2 aliphatic rings. The van der Waals surface area contributed by atoms with Crippen LogP contribution in [-0.2, 0) is 10.2 Å². The number of ketones is 1. The van der Waals surface area contributed by atoms with E-state index in [0.717, 1.165) is 52.1 Å². The number of nitrogens with zero attached hydrogens (tertiary/aromatic N) is 1. The van der Waals surface area contributed by atoms with Crippen molar-refractivity contribution >= 4 is 28.1 Å². The van der Waals surface area contributed by atoms with Crippen molar-refractivity contribution in [2.75, 3.05) is 36.9 Å². The molecule has 5 heteroatoms. The fourth-order valence-electron chi connectivity index (χ4n) is 4.66. The zero-order chi connectivity index (χ0) is 20.3. The molecule has 2 aromatic carbocycles. The van der Waals surface area contributed by atoms with Gasteiger partial charge in [0.1, 0.15) is 0 Å². The molecule has 1 fully saturated rings. The molecule has 1 aromatic heterocycles. The molecule has 0 amide bonds. The average Bonchev–Trinajstić information content (AvgIpc) is 3.12. The summed E-state index contributed by atoms with van der Waals surface area (Å²) in [6.45, 7) is 7.23. The van der Waals surface area contributed by atoms with Crippen LogP contribution >= 0.6 is 0 Å². The Morgan fingerprint density at radius 1 is 1.21 bits per heavy atom. The molecule has 29 heavy (non-hydrogen) atoms. The van der Waals surface area contributed by atoms with Gasteiger partial charge in [-0.15, -0.1) is 6.42 Å². The number of H-pyrrole nitrogens is 1. The molecular weight excluding hydrogens is 362 g/mol. The topological polar surface area (TPSA) is 71.3 Å². The minimum Gasteiger partial charge on any atom is -0.399 e. The lowest BCUT2D eigenvalue weighted by atomic mass is 9.70. The van der Waals surface area contributed by atoms with Crippen LogP contribution in [0.1, 0.15) is 46.6 Å². The number of anilines is 2. The number of nitrogens with one attached hydrogen (secondary N) is 1. The lowest BCUT2D eigenvalue weighted by Crippen LogP contribution is -2.37. The van der Waals surface area contributed by atoms with Crippen molar-refractivity contribution in [2.45, 2.75) is 19.3 Å². The van der Waals surface area contributed by atoms with E-state index in [2.05, 4.69) is 35.7 Å². The van der Waals surface area contributed by atoms with Gasteiger partial charge < -0.3 is 20.4 Å². The van der Waals surface area contributed by atoms with Crippen LogP contribution in [0.25, 0.3) is 10.9 Å². The van der Waals surface area contributed by atoms with E-state index in [1.165, 1.54) is 0 Å². The van der Waals surface area contributed by atoms with Crippen molar-refractivity contribution in [2.24, 2.45) is 0 Å². The Kier molecular flexibility index (Phi) is 3.77. The molecule has 3 aromatic rings. The van der Waals surface area contributed by atoms with Crippen LogP contribution in [0.3, 0.4) is 0 Å². The normalized spacial score (nSPS) is 17.7. The molecule has 2 heterocycles. The van der Waals surface area contributed by atoms with Crippen molar-refractivity contribution in [3.8, 4) is 12.3 Å². The van der Waals surface area contributed by atoms with Crippen molar-refractivity contribution in [1.82, 2.24) is 4.98 Å². The number of benzene rings is 2. The molecule has 0 bridgehead atoms. The number of carbonyl (C=O) groups is 1. The molecular formula is C24H23N3O2. The van der Waals surface area contributed by atoms with E-state index in [4.69, 9.17) is 16.9 Å². The first-order valence-corrected chi connectivity index (χ1v) is 9.86. The number of nitrogen functional groups attached to an aromatic ring is 1. The summed E-state index contributed by atoms with van der Waals surface area (Å²) >= 11 is 0. The Balaban J connectivity index is 1.75. The summed E-state index contributed by atoms with van der Waals surface area (Å²) in [5.41, 5.74) is 12.2. The quantitative estimate of drug-likeness (QED) is 0.497. The van der Waals surface area contributed by atoms with Gasteiger partial charge in [0.15, 0.2) is 5.78 Å². The summed E-state index contributed by atoms with van der Waals surface area (Å²) < 4.78 is 5.49. The zero-order valence-electron chi connectivity index (χ0n) is 16.6. The second kappa shape index (κ2) is 6.13. The molecule has 0 unspecified atom stereocenters. The van der Waals surface area contributed by atoms with Crippen LogP contribution in [0.2, 0.25) is 0 Å². The highest BCUT2D eigenvalue weighted by Crippen LogP contribution is 2.45. The smallest absolute Gasteiger partial charge is 0.195 e. The van der Waals surface area contributed by atoms with Gasteiger partial charge in [0.2, 0.25) is 0 Å². The first-order chi connectivity index (χ1) is 13.9. The number of hydrogen-bond acceptors (Lipinski definition) is 4. The zero-order valence-corrected chi connectivity index (χ0v) is 16.6. The van der Waals surface area contributed by atoms with E-state index in [-0.39, 0.29) is 11.2 Å². The maximum atomic E-state index is 13.6. The predicted octanol–water partition coefficient (Wildman–Crippen LogP) is 3.44. The number of carbonyl (C=O) groups excluding carboxylic acids is 1. The Morgan fingerprint density at radius 2 is 1.97 bits per heavy atom. The number of aromatic amines is 1. The Labute approximate surface area is 169 Å². The first-order valence-electron chi connectivity index (χ1n) is 9.86. The molecule has 5 nitrogen and oxygen atoms in total. The largest absolute Gasteiger partial charge is 0.399 e. The lowest BCUT2D eigenvalue weighted by Gasteiger charge is -2.35. The Morgan fingerprint density at radius 3 is 2.69 bits per heavy atom. The molecule has 1 saturated heterocycles. The first kappa shape index (κ1) is 17.8. The monoisotopic (exact) mass is 385 g/mol. The molecule has 0 radical (unpaired) electrons. The number of nitrogens with two attached hydrogens (primary N) is 1. The molecule has 0 atom stereocenters. The molecule has 3 N–H and O–H groups in total. The second-order valence-electron chi connectivity index (χ2n) is 8.29. The number of ether oxygens (including phenoxy) is 1. The van der Waals surface area contributed by atoms with Crippen LogP contribution in [0.5, 0.6) is 0 Å². The third-order valence-electron chi connectivity index (χ3n) is 6.24. The minimum absolute atomic E-state index is 0.00961.